The Kier molecular flexibility index (Phi) is 11.6. The predicted octanol–water partition coefficient (Wildman–Crippen LogP) is 3.23. The molecule has 0 unspecified atom stereocenters. The van der Waals surface area contributed by atoms with Crippen molar-refractivity contribution in [3.05, 3.63) is 35.9 Å². The first-order chi connectivity index (χ1) is 22.3. The number of alkyl halides is 1. The van der Waals surface area contributed by atoms with Crippen molar-refractivity contribution >= 4 is 63.8 Å². The highest BCUT2D eigenvalue weighted by Gasteiger charge is 2.53. The van der Waals surface area contributed by atoms with Crippen molar-refractivity contribution in [2.24, 2.45) is 0 Å². The smallest absolute Gasteiger partial charge is 0.303 e. The molecule has 254 valence electrons. The Morgan fingerprint density at radius 3 is 2.09 bits per heavy atom. The lowest BCUT2D eigenvalue weighted by molar-refractivity contribution is -0.288. The van der Waals surface area contributed by atoms with E-state index in [1.165, 1.54) is 11.8 Å². The van der Waals surface area contributed by atoms with Gasteiger partial charge in [0.15, 0.2) is 12.2 Å². The van der Waals surface area contributed by atoms with Gasteiger partial charge in [-0.2, -0.15) is 0 Å². The van der Waals surface area contributed by atoms with Crippen LogP contribution in [0.3, 0.4) is 0 Å². The highest BCUT2D eigenvalue weighted by molar-refractivity contribution is 6.19. The summed E-state index contributed by atoms with van der Waals surface area (Å²) in [5.74, 6) is -4.15. The third-order valence-corrected chi connectivity index (χ3v) is 7.96. The van der Waals surface area contributed by atoms with E-state index in [0.717, 1.165) is 31.7 Å². The number of carbonyl (C=O) groups excluding carboxylic acids is 5. The number of esters is 4. The van der Waals surface area contributed by atoms with Crippen molar-refractivity contribution in [2.75, 3.05) is 23.9 Å². The molecule has 0 spiro atoms. The van der Waals surface area contributed by atoms with Crippen LogP contribution < -0.4 is 9.64 Å². The number of carboxylic acid groups (broad SMARTS) is 1. The fourth-order valence-corrected chi connectivity index (χ4v) is 6.06. The molecule has 2 aromatic rings. The van der Waals surface area contributed by atoms with Gasteiger partial charge in [-0.3, -0.25) is 28.8 Å². The summed E-state index contributed by atoms with van der Waals surface area (Å²) in [5.41, 5.74) is 1.30. The Bertz CT molecular complexity index is 1540. The maximum Gasteiger partial charge on any atom is 0.303 e. The van der Waals surface area contributed by atoms with Gasteiger partial charge in [0, 0.05) is 70.3 Å². The number of ether oxygens (including phenoxy) is 6. The lowest BCUT2D eigenvalue weighted by Crippen LogP contribution is -2.63. The largest absolute Gasteiger partial charge is 0.481 e. The van der Waals surface area contributed by atoms with Gasteiger partial charge in [0.25, 0.3) is 0 Å². The molecule has 0 radical (unpaired) electrons. The molecule has 2 aliphatic heterocycles. The Morgan fingerprint density at radius 1 is 0.872 bits per heavy atom. The van der Waals surface area contributed by atoms with Crippen LogP contribution in [0.5, 0.6) is 5.75 Å². The Morgan fingerprint density at radius 2 is 1.49 bits per heavy atom. The Labute approximate surface area is 275 Å². The summed E-state index contributed by atoms with van der Waals surface area (Å²) >= 11 is 6.36. The van der Waals surface area contributed by atoms with Crippen molar-refractivity contribution in [3.63, 3.8) is 0 Å². The molecule has 47 heavy (non-hydrogen) atoms. The summed E-state index contributed by atoms with van der Waals surface area (Å²) in [5, 5.41) is 10.4. The second-order valence-electron chi connectivity index (χ2n) is 11.1. The maximum absolute atomic E-state index is 13.3. The van der Waals surface area contributed by atoms with E-state index in [4.69, 9.17) is 45.1 Å². The summed E-state index contributed by atoms with van der Waals surface area (Å²) < 4.78 is 34.2. The van der Waals surface area contributed by atoms with Crippen molar-refractivity contribution in [1.82, 2.24) is 0 Å². The van der Waals surface area contributed by atoms with Crippen LogP contribution in [-0.4, -0.2) is 90.6 Å². The van der Waals surface area contributed by atoms with Gasteiger partial charge in [-0.1, -0.05) is 24.3 Å². The third-order valence-electron chi connectivity index (χ3n) is 7.59. The number of aliphatic carboxylic acids is 1. The van der Waals surface area contributed by atoms with E-state index in [0.29, 0.717) is 11.1 Å². The van der Waals surface area contributed by atoms with Crippen LogP contribution >= 0.6 is 11.6 Å². The average molecular weight is 678 g/mol. The minimum absolute atomic E-state index is 0.0105. The maximum atomic E-state index is 13.3. The minimum Gasteiger partial charge on any atom is -0.481 e. The molecule has 0 saturated carbocycles. The van der Waals surface area contributed by atoms with E-state index in [2.05, 4.69) is 0 Å². The van der Waals surface area contributed by atoms with Crippen molar-refractivity contribution < 1.29 is 62.3 Å². The summed E-state index contributed by atoms with van der Waals surface area (Å²) in [6.07, 6.45) is -7.02. The molecular weight excluding hydrogens is 642 g/mol. The van der Waals surface area contributed by atoms with Gasteiger partial charge in [-0.05, 0) is 17.4 Å². The van der Waals surface area contributed by atoms with Crippen LogP contribution in [0.1, 0.15) is 58.4 Å². The lowest BCUT2D eigenvalue weighted by atomic mass is 9.95. The number of carboxylic acids is 1. The van der Waals surface area contributed by atoms with Gasteiger partial charge in [0.2, 0.25) is 18.3 Å². The number of nitrogens with zero attached hydrogens (tertiary/aromatic N) is 1. The normalized spacial score (nSPS) is 23.4. The van der Waals surface area contributed by atoms with Crippen LogP contribution in [0.2, 0.25) is 0 Å². The molecule has 14 nitrogen and oxygen atoms in total. The van der Waals surface area contributed by atoms with Gasteiger partial charge in [-0.15, -0.1) is 11.6 Å². The van der Waals surface area contributed by atoms with Crippen LogP contribution in [0.25, 0.3) is 10.8 Å². The lowest BCUT2D eigenvalue weighted by Gasteiger charge is -2.44. The molecule has 1 N–H and O–H groups in total. The van der Waals surface area contributed by atoms with Crippen LogP contribution in [0, 0.1) is 0 Å². The summed E-state index contributed by atoms with van der Waals surface area (Å²) in [7, 11) is 0. The molecule has 1 saturated heterocycles. The number of halogens is 1. The van der Waals surface area contributed by atoms with Gasteiger partial charge in [0.05, 0.1) is 5.69 Å². The van der Waals surface area contributed by atoms with Gasteiger partial charge < -0.3 is 38.4 Å². The average Bonchev–Trinajstić information content (AvgIpc) is 3.37. The standard InChI is InChI=1S/C32H36ClNO13/c1-16(35)42-15-25-29(43-17(2)36)30(44-18(3)37)31(45-19(4)38)32(47-25)46-24-12-23-28(22-9-6-5-8-21(22)24)20(13-33)14-34(23)26(39)10-7-11-27(40)41/h5-6,8-9,12,20,25,29-32H,7,10-11,13-15H2,1-4H3,(H,40,41)/t20-,25-,29+,30+,31-,32-/m1/s1. The first-order valence-electron chi connectivity index (χ1n) is 14.9. The number of hydrogen-bond donors (Lipinski definition) is 1. The van der Waals surface area contributed by atoms with E-state index in [1.54, 1.807) is 18.2 Å². The molecular formula is C32H36ClNO13. The quantitative estimate of drug-likeness (QED) is 0.197. The second-order valence-corrected chi connectivity index (χ2v) is 11.5. The molecule has 0 aliphatic carbocycles. The number of rotatable bonds is 12. The molecule has 6 atom stereocenters. The third kappa shape index (κ3) is 8.49. The van der Waals surface area contributed by atoms with Crippen molar-refractivity contribution in [2.45, 2.75) is 83.6 Å². The number of fused-ring (bicyclic) bond motifs is 3. The minimum atomic E-state index is -1.50. The number of hydrogen-bond acceptors (Lipinski definition) is 12. The van der Waals surface area contributed by atoms with E-state index in [-0.39, 0.29) is 49.3 Å². The van der Waals surface area contributed by atoms with Crippen LogP contribution in [0.4, 0.5) is 5.69 Å². The van der Waals surface area contributed by atoms with Crippen LogP contribution in [-0.2, 0) is 52.5 Å². The second kappa shape index (κ2) is 15.4. The zero-order valence-electron chi connectivity index (χ0n) is 26.3. The first kappa shape index (κ1) is 35.4. The topological polar surface area (TPSA) is 181 Å². The van der Waals surface area contributed by atoms with Gasteiger partial charge in [-0.25, -0.2) is 0 Å². The highest BCUT2D eigenvalue weighted by Crippen LogP contribution is 2.46. The Hall–Kier alpha value is -4.43. The molecule has 0 aromatic heterocycles. The van der Waals surface area contributed by atoms with E-state index in [1.807, 2.05) is 12.1 Å². The molecule has 0 bridgehead atoms. The van der Waals surface area contributed by atoms with Gasteiger partial charge >= 0.3 is 29.8 Å². The molecule has 1 amide bonds. The summed E-state index contributed by atoms with van der Waals surface area (Å²) in [6, 6.07) is 8.82. The number of amides is 1. The van der Waals surface area contributed by atoms with Crippen molar-refractivity contribution in [1.29, 1.82) is 0 Å². The van der Waals surface area contributed by atoms with E-state index in [9.17, 15) is 28.8 Å². The summed E-state index contributed by atoms with van der Waals surface area (Å²) in [4.78, 5) is 74.3. The number of carbonyl (C=O) groups is 6. The number of benzene rings is 2. The zero-order chi connectivity index (χ0) is 34.4. The fourth-order valence-electron chi connectivity index (χ4n) is 5.81. The molecule has 4 rings (SSSR count). The zero-order valence-corrected chi connectivity index (χ0v) is 27.0. The molecule has 1 fully saturated rings. The van der Waals surface area contributed by atoms with E-state index >= 15 is 0 Å². The summed E-state index contributed by atoms with van der Waals surface area (Å²) in [6.45, 7) is 4.36. The van der Waals surface area contributed by atoms with Crippen molar-refractivity contribution in [3.8, 4) is 5.75 Å². The van der Waals surface area contributed by atoms with Crippen LogP contribution in [0.15, 0.2) is 30.3 Å². The first-order valence-corrected chi connectivity index (χ1v) is 15.4. The monoisotopic (exact) mass is 677 g/mol. The molecule has 2 aromatic carbocycles. The predicted molar refractivity (Wildman–Crippen MR) is 164 cm³/mol. The van der Waals surface area contributed by atoms with E-state index < -0.39 is 67.2 Å². The van der Waals surface area contributed by atoms with Gasteiger partial charge in [0.1, 0.15) is 18.5 Å². The Balaban J connectivity index is 1.81. The molecule has 15 heteroatoms. The fraction of sp³-hybridized carbons (Fsp3) is 0.500. The number of anilines is 1. The molecule has 2 aliphatic rings. The SMILES string of the molecule is CC(=O)OC[C@H]1O[C@@H](Oc2cc3c(c4ccccc24)[C@H](CCl)CN3C(=O)CCCC(=O)O)[C@H](OC(C)=O)[C@@H](OC(C)=O)[C@H]1OC(C)=O. The molecule has 2 heterocycles. The highest BCUT2D eigenvalue weighted by atomic mass is 35.5.